The van der Waals surface area contributed by atoms with E-state index >= 15 is 0 Å². The van der Waals surface area contributed by atoms with Crippen LogP contribution in [0.5, 0.6) is 0 Å². The standard InChI is InChI=1S/C33H31N3O3S/c1-21-17-26(31(37)34-19-22(2)24-9-5-4-6-10-24)18-29-30(21)35-33(40-3)36(29)20-23-13-15-25(16-14-23)27-11-7-8-12-28(27)32(38)39/h4-18,22H,19-20H2,1-3H3,(H,34,37)(H,38,39)/t22-/m0/s1. The predicted octanol–water partition coefficient (Wildman–Crippen LogP) is 7.01. The molecule has 7 heteroatoms. The van der Waals surface area contributed by atoms with Gasteiger partial charge in [-0.25, -0.2) is 9.78 Å². The summed E-state index contributed by atoms with van der Waals surface area (Å²) in [5.74, 6) is -0.847. The van der Waals surface area contributed by atoms with E-state index in [0.717, 1.165) is 32.9 Å². The van der Waals surface area contributed by atoms with Crippen LogP contribution in [0.4, 0.5) is 0 Å². The molecule has 0 spiro atoms. The maximum Gasteiger partial charge on any atom is 0.336 e. The lowest BCUT2D eigenvalue weighted by Crippen LogP contribution is -2.27. The number of carbonyl (C=O) groups is 2. The number of carbonyl (C=O) groups excluding carboxylic acids is 1. The van der Waals surface area contributed by atoms with Crippen molar-refractivity contribution in [1.82, 2.24) is 14.9 Å². The number of nitrogens with one attached hydrogen (secondary N) is 1. The van der Waals surface area contributed by atoms with Gasteiger partial charge in [-0.3, -0.25) is 4.79 Å². The van der Waals surface area contributed by atoms with Crippen molar-refractivity contribution in [1.29, 1.82) is 0 Å². The van der Waals surface area contributed by atoms with E-state index in [1.165, 1.54) is 5.56 Å². The fourth-order valence-corrected chi connectivity index (χ4v) is 5.52. The maximum absolute atomic E-state index is 13.2. The Bertz CT molecular complexity index is 1680. The van der Waals surface area contributed by atoms with Crippen LogP contribution in [0.15, 0.2) is 96.2 Å². The number of hydrogen-bond donors (Lipinski definition) is 2. The van der Waals surface area contributed by atoms with E-state index in [4.69, 9.17) is 4.98 Å². The van der Waals surface area contributed by atoms with Crippen LogP contribution in [0.3, 0.4) is 0 Å². The molecule has 1 atom stereocenters. The first-order chi connectivity index (χ1) is 19.4. The summed E-state index contributed by atoms with van der Waals surface area (Å²) in [4.78, 5) is 29.7. The Morgan fingerprint density at radius 1 is 0.975 bits per heavy atom. The van der Waals surface area contributed by atoms with Crippen molar-refractivity contribution in [2.75, 3.05) is 12.8 Å². The molecule has 0 aliphatic rings. The van der Waals surface area contributed by atoms with E-state index in [0.29, 0.717) is 24.2 Å². The SMILES string of the molecule is CSc1nc2c(C)cc(C(=O)NC[C@H](C)c3ccccc3)cc2n1Cc1ccc(-c2ccccc2C(=O)O)cc1. The largest absolute Gasteiger partial charge is 0.478 e. The summed E-state index contributed by atoms with van der Waals surface area (Å²) >= 11 is 1.57. The van der Waals surface area contributed by atoms with Crippen molar-refractivity contribution in [3.05, 3.63) is 119 Å². The summed E-state index contributed by atoms with van der Waals surface area (Å²) in [6.07, 6.45) is 2.00. The molecule has 1 aromatic heterocycles. The molecule has 0 unspecified atom stereocenters. The minimum Gasteiger partial charge on any atom is -0.478 e. The van der Waals surface area contributed by atoms with Crippen LogP contribution < -0.4 is 5.32 Å². The summed E-state index contributed by atoms with van der Waals surface area (Å²) < 4.78 is 2.14. The lowest BCUT2D eigenvalue weighted by atomic mass is 9.99. The van der Waals surface area contributed by atoms with Gasteiger partial charge < -0.3 is 15.0 Å². The van der Waals surface area contributed by atoms with Gasteiger partial charge >= 0.3 is 5.97 Å². The molecule has 40 heavy (non-hydrogen) atoms. The number of hydrogen-bond acceptors (Lipinski definition) is 4. The smallest absolute Gasteiger partial charge is 0.336 e. The van der Waals surface area contributed by atoms with Crippen LogP contribution in [-0.2, 0) is 6.54 Å². The van der Waals surface area contributed by atoms with E-state index in [1.54, 1.807) is 23.9 Å². The summed E-state index contributed by atoms with van der Waals surface area (Å²) in [6.45, 7) is 5.22. The molecule has 0 radical (unpaired) electrons. The number of amides is 1. The topological polar surface area (TPSA) is 84.2 Å². The third-order valence-corrected chi connectivity index (χ3v) is 7.83. The van der Waals surface area contributed by atoms with Gasteiger partial charge in [0.25, 0.3) is 5.91 Å². The average Bonchev–Trinajstić information content (AvgIpc) is 3.34. The fourth-order valence-electron chi connectivity index (χ4n) is 4.95. The molecular formula is C33H31N3O3S. The molecule has 0 fully saturated rings. The van der Waals surface area contributed by atoms with Gasteiger partial charge in [0.05, 0.1) is 23.1 Å². The highest BCUT2D eigenvalue weighted by atomic mass is 32.2. The normalized spacial score (nSPS) is 11.9. The molecule has 0 aliphatic carbocycles. The van der Waals surface area contributed by atoms with Gasteiger partial charge in [0.2, 0.25) is 0 Å². The highest BCUT2D eigenvalue weighted by molar-refractivity contribution is 7.98. The summed E-state index contributed by atoms with van der Waals surface area (Å²) in [5.41, 5.74) is 7.41. The second kappa shape index (κ2) is 11.8. The molecule has 1 amide bonds. The number of fused-ring (bicyclic) bond motifs is 1. The Hall–Kier alpha value is -4.36. The number of carboxylic acids is 1. The Morgan fingerprint density at radius 2 is 1.68 bits per heavy atom. The molecule has 0 aliphatic heterocycles. The molecule has 4 aromatic carbocycles. The van der Waals surface area contributed by atoms with Crippen LogP contribution in [0, 0.1) is 6.92 Å². The van der Waals surface area contributed by atoms with Gasteiger partial charge in [-0.05, 0) is 65.1 Å². The van der Waals surface area contributed by atoms with Crippen molar-refractivity contribution in [3.63, 3.8) is 0 Å². The van der Waals surface area contributed by atoms with E-state index < -0.39 is 5.97 Å². The summed E-state index contributed by atoms with van der Waals surface area (Å²) in [7, 11) is 0. The monoisotopic (exact) mass is 549 g/mol. The second-order valence-electron chi connectivity index (χ2n) is 9.91. The molecular weight excluding hydrogens is 518 g/mol. The Morgan fingerprint density at radius 3 is 2.38 bits per heavy atom. The van der Waals surface area contributed by atoms with Gasteiger partial charge in [0.1, 0.15) is 0 Å². The first kappa shape index (κ1) is 27.2. The molecule has 0 saturated heterocycles. The van der Waals surface area contributed by atoms with Gasteiger partial charge in [-0.15, -0.1) is 0 Å². The summed E-state index contributed by atoms with van der Waals surface area (Å²) in [5, 5.41) is 13.5. The first-order valence-electron chi connectivity index (χ1n) is 13.2. The van der Waals surface area contributed by atoms with Crippen molar-refractivity contribution < 1.29 is 14.7 Å². The van der Waals surface area contributed by atoms with Gasteiger partial charge in [-0.2, -0.15) is 0 Å². The van der Waals surface area contributed by atoms with Crippen molar-refractivity contribution in [2.45, 2.75) is 31.5 Å². The minimum absolute atomic E-state index is 0.104. The van der Waals surface area contributed by atoms with Crippen molar-refractivity contribution in [2.24, 2.45) is 0 Å². The predicted molar refractivity (Wildman–Crippen MR) is 161 cm³/mol. The number of nitrogens with zero attached hydrogens (tertiary/aromatic N) is 2. The minimum atomic E-state index is -0.945. The quantitative estimate of drug-likeness (QED) is 0.193. The van der Waals surface area contributed by atoms with Gasteiger partial charge in [-0.1, -0.05) is 91.5 Å². The van der Waals surface area contributed by atoms with Crippen LogP contribution >= 0.6 is 11.8 Å². The highest BCUT2D eigenvalue weighted by Gasteiger charge is 2.17. The maximum atomic E-state index is 13.2. The average molecular weight is 550 g/mol. The molecule has 6 nitrogen and oxygen atoms in total. The number of aromatic carboxylic acids is 1. The van der Waals surface area contributed by atoms with Crippen LogP contribution in [0.2, 0.25) is 0 Å². The zero-order valence-electron chi connectivity index (χ0n) is 22.7. The Kier molecular flexibility index (Phi) is 8.03. The number of carboxylic acid groups (broad SMARTS) is 1. The van der Waals surface area contributed by atoms with E-state index in [2.05, 4.69) is 28.9 Å². The number of aromatic nitrogens is 2. The molecule has 0 bridgehead atoms. The van der Waals surface area contributed by atoms with Gasteiger partial charge in [0, 0.05) is 12.1 Å². The van der Waals surface area contributed by atoms with Gasteiger partial charge in [0.15, 0.2) is 5.16 Å². The van der Waals surface area contributed by atoms with Crippen LogP contribution in [0.1, 0.15) is 50.2 Å². The third-order valence-electron chi connectivity index (χ3n) is 7.15. The molecule has 5 rings (SSSR count). The van der Waals surface area contributed by atoms with E-state index in [1.807, 2.05) is 79.9 Å². The molecule has 2 N–H and O–H groups in total. The Balaban J connectivity index is 1.41. The first-order valence-corrected chi connectivity index (χ1v) is 14.4. The fraction of sp³-hybridized carbons (Fsp3) is 0.182. The number of aryl methyl sites for hydroxylation is 1. The number of rotatable bonds is 9. The van der Waals surface area contributed by atoms with E-state index in [9.17, 15) is 14.7 Å². The zero-order valence-corrected chi connectivity index (χ0v) is 23.5. The van der Waals surface area contributed by atoms with Crippen molar-refractivity contribution >= 4 is 34.7 Å². The molecule has 5 aromatic rings. The molecule has 0 saturated carbocycles. The van der Waals surface area contributed by atoms with Crippen molar-refractivity contribution in [3.8, 4) is 11.1 Å². The number of imidazole rings is 1. The van der Waals surface area contributed by atoms with Crippen LogP contribution in [-0.4, -0.2) is 39.3 Å². The molecule has 202 valence electrons. The van der Waals surface area contributed by atoms with Crippen LogP contribution in [0.25, 0.3) is 22.2 Å². The van der Waals surface area contributed by atoms with E-state index in [-0.39, 0.29) is 17.4 Å². The Labute approximate surface area is 238 Å². The lowest BCUT2D eigenvalue weighted by molar-refractivity contribution is 0.0697. The second-order valence-corrected chi connectivity index (χ2v) is 10.7. The number of thioether (sulfide) groups is 1. The third kappa shape index (κ3) is 5.65. The highest BCUT2D eigenvalue weighted by Crippen LogP contribution is 2.29. The lowest BCUT2D eigenvalue weighted by Gasteiger charge is -2.14. The zero-order chi connectivity index (χ0) is 28.2. The number of benzene rings is 4. The molecule has 1 heterocycles. The summed E-state index contributed by atoms with van der Waals surface area (Å²) in [6, 6.07) is 28.9.